The maximum atomic E-state index is 11.4. The highest BCUT2D eigenvalue weighted by atomic mass is 16.4. The minimum Gasteiger partial charge on any atom is -0.480 e. The topological polar surface area (TPSA) is 109 Å². The Balaban J connectivity index is 4.90. The molecule has 0 fully saturated rings. The summed E-state index contributed by atoms with van der Waals surface area (Å²) in [7, 11) is 0. The number of carboxylic acids is 1. The van der Waals surface area contributed by atoms with Crippen LogP contribution in [-0.2, 0) is 9.59 Å². The van der Waals surface area contributed by atoms with E-state index in [1.807, 2.05) is 0 Å². The van der Waals surface area contributed by atoms with E-state index in [0.29, 0.717) is 0 Å². The lowest BCUT2D eigenvalue weighted by atomic mass is 9.81. The molecule has 0 bridgehead atoms. The van der Waals surface area contributed by atoms with Crippen molar-refractivity contribution >= 4 is 17.9 Å². The summed E-state index contributed by atoms with van der Waals surface area (Å²) in [6, 6.07) is -1.04. The number of amides is 3. The second kappa shape index (κ2) is 4.59. The highest BCUT2D eigenvalue weighted by Crippen LogP contribution is 2.26. The molecular weight excluding hydrogens is 188 g/mol. The molecule has 0 aromatic heterocycles. The van der Waals surface area contributed by atoms with Gasteiger partial charge in [-0.1, -0.05) is 13.8 Å². The lowest BCUT2D eigenvalue weighted by molar-refractivity contribution is -0.156. The highest BCUT2D eigenvalue weighted by molar-refractivity contribution is 6.07. The Labute approximate surface area is 81.5 Å². The summed E-state index contributed by atoms with van der Waals surface area (Å²) in [5.41, 5.74) is 3.18. The molecule has 0 radical (unpaired) electrons. The zero-order valence-electron chi connectivity index (χ0n) is 8.16. The fourth-order valence-electron chi connectivity index (χ4n) is 1.20. The van der Waals surface area contributed by atoms with Gasteiger partial charge < -0.3 is 10.8 Å². The first-order valence-corrected chi connectivity index (χ1v) is 4.25. The normalized spacial score (nSPS) is 10.7. The molecule has 0 spiro atoms. The number of imide groups is 1. The van der Waals surface area contributed by atoms with Crippen LogP contribution in [0.3, 0.4) is 0 Å². The first-order valence-electron chi connectivity index (χ1n) is 4.25. The molecule has 0 aromatic rings. The average Bonchev–Trinajstić information content (AvgIpc) is 2.05. The number of carbonyl (C=O) groups excluding carboxylic acids is 2. The van der Waals surface area contributed by atoms with E-state index in [0.717, 1.165) is 0 Å². The van der Waals surface area contributed by atoms with Gasteiger partial charge in [0.1, 0.15) is 5.41 Å². The Bertz CT molecular complexity index is 258. The number of urea groups is 1. The van der Waals surface area contributed by atoms with Crippen LogP contribution in [0.4, 0.5) is 4.79 Å². The summed E-state index contributed by atoms with van der Waals surface area (Å²) in [5.74, 6) is -2.11. The van der Waals surface area contributed by atoms with E-state index < -0.39 is 23.3 Å². The van der Waals surface area contributed by atoms with E-state index in [1.54, 1.807) is 19.2 Å². The second-order valence-electron chi connectivity index (χ2n) is 2.91. The van der Waals surface area contributed by atoms with Gasteiger partial charge in [-0.3, -0.25) is 14.9 Å². The molecule has 0 aliphatic carbocycles. The SMILES string of the molecule is CCC(CC)(C(=O)O)C(=O)NC(N)=O. The van der Waals surface area contributed by atoms with Crippen molar-refractivity contribution in [2.45, 2.75) is 26.7 Å². The molecule has 14 heavy (non-hydrogen) atoms. The molecule has 0 unspecified atom stereocenters. The van der Waals surface area contributed by atoms with Crippen molar-refractivity contribution in [2.24, 2.45) is 11.1 Å². The molecule has 0 heterocycles. The summed E-state index contributed by atoms with van der Waals surface area (Å²) in [6.07, 6.45) is 0.218. The number of primary amides is 1. The summed E-state index contributed by atoms with van der Waals surface area (Å²) in [5, 5.41) is 10.7. The molecule has 6 heteroatoms. The maximum Gasteiger partial charge on any atom is 0.319 e. The van der Waals surface area contributed by atoms with E-state index in [9.17, 15) is 14.4 Å². The first-order chi connectivity index (χ1) is 6.40. The number of hydrogen-bond donors (Lipinski definition) is 3. The largest absolute Gasteiger partial charge is 0.480 e. The molecule has 0 saturated heterocycles. The molecule has 3 amide bonds. The van der Waals surface area contributed by atoms with E-state index in [-0.39, 0.29) is 12.8 Å². The van der Waals surface area contributed by atoms with Crippen LogP contribution < -0.4 is 11.1 Å². The fourth-order valence-corrected chi connectivity index (χ4v) is 1.20. The van der Waals surface area contributed by atoms with Gasteiger partial charge in [-0.05, 0) is 12.8 Å². The first kappa shape index (κ1) is 12.4. The molecule has 0 rings (SSSR count). The van der Waals surface area contributed by atoms with Crippen molar-refractivity contribution in [1.82, 2.24) is 5.32 Å². The minimum atomic E-state index is -1.56. The quantitative estimate of drug-likeness (QED) is 0.560. The van der Waals surface area contributed by atoms with Gasteiger partial charge in [-0.2, -0.15) is 0 Å². The fraction of sp³-hybridized carbons (Fsp3) is 0.625. The highest BCUT2D eigenvalue weighted by Gasteiger charge is 2.43. The summed E-state index contributed by atoms with van der Waals surface area (Å²) < 4.78 is 0. The van der Waals surface area contributed by atoms with Gasteiger partial charge in [0, 0.05) is 0 Å². The Morgan fingerprint density at radius 1 is 1.29 bits per heavy atom. The van der Waals surface area contributed by atoms with Crippen LogP contribution in [0.1, 0.15) is 26.7 Å². The molecule has 0 saturated carbocycles. The van der Waals surface area contributed by atoms with Crippen molar-refractivity contribution in [2.75, 3.05) is 0 Å². The predicted molar refractivity (Wildman–Crippen MR) is 48.4 cm³/mol. The Morgan fingerprint density at radius 2 is 1.71 bits per heavy atom. The Hall–Kier alpha value is -1.59. The summed E-state index contributed by atoms with van der Waals surface area (Å²) in [4.78, 5) is 32.7. The van der Waals surface area contributed by atoms with Crippen LogP contribution in [-0.4, -0.2) is 23.0 Å². The molecule has 0 aliphatic heterocycles. The zero-order valence-corrected chi connectivity index (χ0v) is 8.16. The van der Waals surface area contributed by atoms with E-state index in [1.165, 1.54) is 0 Å². The minimum absolute atomic E-state index is 0.109. The van der Waals surface area contributed by atoms with Crippen LogP contribution in [0.2, 0.25) is 0 Å². The maximum absolute atomic E-state index is 11.4. The lowest BCUT2D eigenvalue weighted by Gasteiger charge is -2.24. The van der Waals surface area contributed by atoms with Crippen LogP contribution >= 0.6 is 0 Å². The van der Waals surface area contributed by atoms with Crippen molar-refractivity contribution < 1.29 is 19.5 Å². The van der Waals surface area contributed by atoms with Crippen molar-refractivity contribution in [1.29, 1.82) is 0 Å². The van der Waals surface area contributed by atoms with Crippen LogP contribution in [0, 0.1) is 5.41 Å². The molecule has 0 aliphatic rings. The number of carbonyl (C=O) groups is 3. The molecule has 4 N–H and O–H groups in total. The van der Waals surface area contributed by atoms with Gasteiger partial charge in [0.15, 0.2) is 0 Å². The predicted octanol–water partition coefficient (Wildman–Crippen LogP) is 0.0723. The molecule has 80 valence electrons. The van der Waals surface area contributed by atoms with Crippen LogP contribution in [0.15, 0.2) is 0 Å². The van der Waals surface area contributed by atoms with Crippen molar-refractivity contribution in [3.63, 3.8) is 0 Å². The van der Waals surface area contributed by atoms with Gasteiger partial charge >= 0.3 is 12.0 Å². The monoisotopic (exact) mass is 202 g/mol. The third-order valence-electron chi connectivity index (χ3n) is 2.29. The second-order valence-corrected chi connectivity index (χ2v) is 2.91. The number of aliphatic carboxylic acids is 1. The lowest BCUT2D eigenvalue weighted by Crippen LogP contribution is -2.49. The number of nitrogens with one attached hydrogen (secondary N) is 1. The summed E-state index contributed by atoms with van der Waals surface area (Å²) >= 11 is 0. The van der Waals surface area contributed by atoms with Gasteiger partial charge in [-0.25, -0.2) is 4.79 Å². The number of rotatable bonds is 4. The van der Waals surface area contributed by atoms with Crippen LogP contribution in [0.5, 0.6) is 0 Å². The van der Waals surface area contributed by atoms with Crippen LogP contribution in [0.25, 0.3) is 0 Å². The third kappa shape index (κ3) is 2.21. The van der Waals surface area contributed by atoms with Gasteiger partial charge in [0.25, 0.3) is 0 Å². The smallest absolute Gasteiger partial charge is 0.319 e. The zero-order chi connectivity index (χ0) is 11.4. The van der Waals surface area contributed by atoms with Crippen molar-refractivity contribution in [3.05, 3.63) is 0 Å². The molecule has 6 nitrogen and oxygen atoms in total. The third-order valence-corrected chi connectivity index (χ3v) is 2.29. The van der Waals surface area contributed by atoms with Gasteiger partial charge in [-0.15, -0.1) is 0 Å². The average molecular weight is 202 g/mol. The summed E-state index contributed by atoms with van der Waals surface area (Å²) in [6.45, 7) is 3.14. The van der Waals surface area contributed by atoms with Gasteiger partial charge in [0.2, 0.25) is 5.91 Å². The molecular formula is C8H14N2O4. The molecule has 0 aromatic carbocycles. The van der Waals surface area contributed by atoms with E-state index >= 15 is 0 Å². The number of nitrogens with two attached hydrogens (primary N) is 1. The standard InChI is InChI=1S/C8H14N2O4/c1-3-8(4-2,6(12)13)5(11)10-7(9)14/h3-4H2,1-2H3,(H,12,13)(H3,9,10,11,14). The van der Waals surface area contributed by atoms with Crippen molar-refractivity contribution in [3.8, 4) is 0 Å². The Morgan fingerprint density at radius 3 is 1.93 bits per heavy atom. The Kier molecular flexibility index (Phi) is 4.07. The van der Waals surface area contributed by atoms with E-state index in [2.05, 4.69) is 0 Å². The number of carboxylic acid groups (broad SMARTS) is 1. The van der Waals surface area contributed by atoms with Gasteiger partial charge in [0.05, 0.1) is 0 Å². The van der Waals surface area contributed by atoms with E-state index in [4.69, 9.17) is 10.8 Å². The number of hydrogen-bond acceptors (Lipinski definition) is 3. The molecule has 0 atom stereocenters.